The van der Waals surface area contributed by atoms with Crippen LogP contribution in [0.2, 0.25) is 0 Å². The molecule has 0 aliphatic rings. The zero-order chi connectivity index (χ0) is 27.9. The van der Waals surface area contributed by atoms with Crippen molar-refractivity contribution in [3.05, 3.63) is 83.1 Å². The quantitative estimate of drug-likeness (QED) is 0.178. The van der Waals surface area contributed by atoms with E-state index in [1.807, 2.05) is 0 Å². The number of alkyl halides is 3. The highest BCUT2D eigenvalue weighted by molar-refractivity contribution is 6.04. The largest absolute Gasteiger partial charge is 0.504 e. The van der Waals surface area contributed by atoms with Crippen LogP contribution in [0.25, 0.3) is 12.2 Å². The lowest BCUT2D eigenvalue weighted by Crippen LogP contribution is -2.05. The zero-order valence-electron chi connectivity index (χ0n) is 21.1. The van der Waals surface area contributed by atoms with Crippen LogP contribution in [-0.4, -0.2) is 39.3 Å². The molecule has 0 aliphatic heterocycles. The summed E-state index contributed by atoms with van der Waals surface area (Å²) in [5.74, 6) is 0.904. The number of halogens is 3. The molecule has 0 spiro atoms. The van der Waals surface area contributed by atoms with Gasteiger partial charge in [0.15, 0.2) is 28.8 Å². The van der Waals surface area contributed by atoms with E-state index in [0.29, 0.717) is 28.5 Å². The van der Waals surface area contributed by atoms with Gasteiger partial charge in [0.2, 0.25) is 5.75 Å². The Balaban J connectivity index is 1.82. The second kappa shape index (κ2) is 12.1. The van der Waals surface area contributed by atoms with Crippen molar-refractivity contribution in [3.63, 3.8) is 0 Å². The predicted molar refractivity (Wildman–Crippen MR) is 138 cm³/mol. The number of carbonyl (C=O) groups is 1. The van der Waals surface area contributed by atoms with Crippen LogP contribution < -0.4 is 24.3 Å². The molecule has 0 amide bonds. The van der Waals surface area contributed by atoms with Crippen LogP contribution in [0.4, 0.5) is 18.9 Å². The van der Waals surface area contributed by atoms with E-state index in [1.54, 1.807) is 30.4 Å². The fraction of sp³-hybridized carbons (Fsp3) is 0.179. The van der Waals surface area contributed by atoms with Gasteiger partial charge in [-0.1, -0.05) is 24.3 Å². The molecule has 0 radical (unpaired) electrons. The monoisotopic (exact) mass is 529 g/mol. The van der Waals surface area contributed by atoms with E-state index >= 15 is 0 Å². The molecule has 2 N–H and O–H groups in total. The molecule has 0 fully saturated rings. The first-order valence-corrected chi connectivity index (χ1v) is 11.1. The molecule has 200 valence electrons. The standard InChI is InChI=1S/C28H26F3NO6/c1-35-24-15-18(16-25(36-2)27(24)38-4)6-5-17-13-21(26(37-3)23(34)14-17)32-12-11-22(33)19-7-9-20(10-8-19)28(29,30)31/h5-16,32,34H,1-4H3/b6-5-,12-11-. The highest BCUT2D eigenvalue weighted by Gasteiger charge is 2.30. The van der Waals surface area contributed by atoms with Crippen molar-refractivity contribution in [2.45, 2.75) is 6.18 Å². The SMILES string of the molecule is COc1cc(/C=C\c2cc(O)c(OC)c(N/C=C\C(=O)c3ccc(C(F)(F)F)cc3)c2)cc(OC)c1OC. The van der Waals surface area contributed by atoms with Crippen LogP contribution in [0.5, 0.6) is 28.7 Å². The van der Waals surface area contributed by atoms with E-state index in [4.69, 9.17) is 18.9 Å². The second-order valence-electron chi connectivity index (χ2n) is 7.83. The number of aromatic hydroxyl groups is 1. The first-order valence-electron chi connectivity index (χ1n) is 11.1. The lowest BCUT2D eigenvalue weighted by Gasteiger charge is -2.13. The maximum absolute atomic E-state index is 12.7. The number of benzene rings is 3. The minimum atomic E-state index is -4.48. The molecule has 0 heterocycles. The van der Waals surface area contributed by atoms with E-state index in [2.05, 4.69) is 5.32 Å². The van der Waals surface area contributed by atoms with Crippen LogP contribution in [0.15, 0.2) is 60.8 Å². The molecule has 0 atom stereocenters. The van der Waals surface area contributed by atoms with Crippen LogP contribution >= 0.6 is 0 Å². The minimum absolute atomic E-state index is 0.0906. The summed E-state index contributed by atoms with van der Waals surface area (Å²) in [5.41, 5.74) is 0.947. The van der Waals surface area contributed by atoms with Crippen molar-refractivity contribution in [2.75, 3.05) is 33.8 Å². The van der Waals surface area contributed by atoms with Crippen LogP contribution in [0.1, 0.15) is 27.0 Å². The van der Waals surface area contributed by atoms with Crippen LogP contribution in [0, 0.1) is 0 Å². The van der Waals surface area contributed by atoms with Crippen molar-refractivity contribution < 1.29 is 42.0 Å². The van der Waals surface area contributed by atoms with Gasteiger partial charge in [0.1, 0.15) is 0 Å². The Morgan fingerprint density at radius 1 is 0.816 bits per heavy atom. The number of ketones is 1. The Kier molecular flexibility index (Phi) is 8.90. The van der Waals surface area contributed by atoms with Crippen molar-refractivity contribution in [3.8, 4) is 28.7 Å². The van der Waals surface area contributed by atoms with E-state index in [0.717, 1.165) is 35.9 Å². The number of phenols is 1. The van der Waals surface area contributed by atoms with Crippen LogP contribution in [-0.2, 0) is 6.18 Å². The molecule has 3 aromatic rings. The van der Waals surface area contributed by atoms with Gasteiger partial charge in [-0.15, -0.1) is 0 Å². The number of anilines is 1. The highest BCUT2D eigenvalue weighted by Crippen LogP contribution is 2.39. The number of phenolic OH excluding ortho intramolecular Hbond substituents is 1. The molecule has 7 nitrogen and oxygen atoms in total. The van der Waals surface area contributed by atoms with E-state index in [-0.39, 0.29) is 17.1 Å². The van der Waals surface area contributed by atoms with Gasteiger partial charge in [-0.3, -0.25) is 4.79 Å². The van der Waals surface area contributed by atoms with Crippen LogP contribution in [0.3, 0.4) is 0 Å². The number of rotatable bonds is 10. The number of hydrogen-bond acceptors (Lipinski definition) is 7. The molecule has 0 bridgehead atoms. The number of allylic oxidation sites excluding steroid dienone is 1. The average molecular weight is 530 g/mol. The molecule has 10 heteroatoms. The summed E-state index contributed by atoms with van der Waals surface area (Å²) in [5, 5.41) is 13.3. The normalized spacial score (nSPS) is 11.6. The van der Waals surface area contributed by atoms with Crippen molar-refractivity contribution in [1.29, 1.82) is 0 Å². The minimum Gasteiger partial charge on any atom is -0.504 e. The molecule has 0 unspecified atom stereocenters. The van der Waals surface area contributed by atoms with E-state index < -0.39 is 17.5 Å². The van der Waals surface area contributed by atoms with Gasteiger partial charge >= 0.3 is 6.18 Å². The number of carbonyl (C=O) groups excluding carboxylic acids is 1. The number of ether oxygens (including phenoxy) is 4. The summed E-state index contributed by atoms with van der Waals surface area (Å²) < 4.78 is 59.5. The fourth-order valence-electron chi connectivity index (χ4n) is 3.57. The molecule has 3 aromatic carbocycles. The fourth-order valence-corrected chi connectivity index (χ4v) is 3.57. The Morgan fingerprint density at radius 2 is 1.37 bits per heavy atom. The molecule has 38 heavy (non-hydrogen) atoms. The first-order chi connectivity index (χ1) is 18.1. The molecule has 0 aliphatic carbocycles. The predicted octanol–water partition coefficient (Wildman–Crippen LogP) is 6.42. The summed E-state index contributed by atoms with van der Waals surface area (Å²) in [6.45, 7) is 0. The maximum atomic E-state index is 12.7. The highest BCUT2D eigenvalue weighted by atomic mass is 19.4. The Hall–Kier alpha value is -4.60. The lowest BCUT2D eigenvalue weighted by molar-refractivity contribution is -0.137. The van der Waals surface area contributed by atoms with Gasteiger partial charge in [0.05, 0.1) is 39.7 Å². The Morgan fingerprint density at radius 3 is 1.87 bits per heavy atom. The topological polar surface area (TPSA) is 86.2 Å². The van der Waals surface area contributed by atoms with Gasteiger partial charge in [-0.25, -0.2) is 0 Å². The van der Waals surface area contributed by atoms with Crippen molar-refractivity contribution in [2.24, 2.45) is 0 Å². The molecule has 0 aromatic heterocycles. The number of methoxy groups -OCH3 is 4. The maximum Gasteiger partial charge on any atom is 0.416 e. The third-order valence-electron chi connectivity index (χ3n) is 5.42. The third-order valence-corrected chi connectivity index (χ3v) is 5.42. The average Bonchev–Trinajstić information content (AvgIpc) is 2.90. The summed E-state index contributed by atoms with van der Waals surface area (Å²) in [7, 11) is 5.92. The smallest absolute Gasteiger partial charge is 0.416 e. The lowest BCUT2D eigenvalue weighted by atomic mass is 10.1. The van der Waals surface area contributed by atoms with Crippen molar-refractivity contribution >= 4 is 23.6 Å². The second-order valence-corrected chi connectivity index (χ2v) is 7.83. The number of nitrogens with one attached hydrogen (secondary N) is 1. The molecular weight excluding hydrogens is 503 g/mol. The van der Waals surface area contributed by atoms with Gasteiger partial charge < -0.3 is 29.4 Å². The van der Waals surface area contributed by atoms with E-state index in [9.17, 15) is 23.1 Å². The summed E-state index contributed by atoms with van der Waals surface area (Å²) in [6.07, 6.45) is 1.51. The molecular formula is C28H26F3NO6. The third kappa shape index (κ3) is 6.58. The van der Waals surface area contributed by atoms with Gasteiger partial charge in [-0.2, -0.15) is 13.2 Å². The molecule has 3 rings (SSSR count). The summed E-state index contributed by atoms with van der Waals surface area (Å²) in [6, 6.07) is 10.6. The summed E-state index contributed by atoms with van der Waals surface area (Å²) in [4.78, 5) is 12.4. The van der Waals surface area contributed by atoms with Crippen molar-refractivity contribution in [1.82, 2.24) is 0 Å². The van der Waals surface area contributed by atoms with Gasteiger partial charge in [0, 0.05) is 17.8 Å². The Labute approximate surface area is 217 Å². The Bertz CT molecular complexity index is 1320. The van der Waals surface area contributed by atoms with Gasteiger partial charge in [0.25, 0.3) is 0 Å². The van der Waals surface area contributed by atoms with E-state index in [1.165, 1.54) is 40.7 Å². The molecule has 0 saturated carbocycles. The first kappa shape index (κ1) is 28.0. The summed E-state index contributed by atoms with van der Waals surface area (Å²) >= 11 is 0. The molecule has 0 saturated heterocycles. The zero-order valence-corrected chi connectivity index (χ0v) is 21.1. The number of hydrogen-bond donors (Lipinski definition) is 2. The van der Waals surface area contributed by atoms with Gasteiger partial charge in [-0.05, 0) is 47.5 Å².